The van der Waals surface area contributed by atoms with Crippen molar-refractivity contribution in [3.8, 4) is 0 Å². The van der Waals surface area contributed by atoms with E-state index in [1.54, 1.807) is 11.9 Å². The van der Waals surface area contributed by atoms with E-state index in [9.17, 15) is 4.79 Å². The molecule has 0 saturated carbocycles. The Morgan fingerprint density at radius 3 is 2.70 bits per heavy atom. The summed E-state index contributed by atoms with van der Waals surface area (Å²) in [5.41, 5.74) is 0. The van der Waals surface area contributed by atoms with Crippen molar-refractivity contribution in [1.29, 1.82) is 0 Å². The zero-order valence-electron chi connectivity index (χ0n) is 6.46. The van der Waals surface area contributed by atoms with Crippen LogP contribution in [0.4, 0.5) is 0 Å². The lowest BCUT2D eigenvalue weighted by atomic mass is 10.4. The van der Waals surface area contributed by atoms with E-state index < -0.39 is 0 Å². The minimum Gasteiger partial charge on any atom is -0.346 e. The lowest BCUT2D eigenvalue weighted by Crippen LogP contribution is -2.25. The molecular weight excluding hydrogens is 132 g/mol. The van der Waals surface area contributed by atoms with Gasteiger partial charge in [-0.15, -0.1) is 0 Å². The largest absolute Gasteiger partial charge is 0.346 e. The third-order valence-electron chi connectivity index (χ3n) is 1.29. The van der Waals surface area contributed by atoms with Gasteiger partial charge in [0.25, 0.3) is 0 Å². The minimum atomic E-state index is 0.0667. The van der Waals surface area contributed by atoms with Crippen molar-refractivity contribution < 1.29 is 9.63 Å². The zero-order chi connectivity index (χ0) is 7.98. The fraction of sp³-hybridized carbons (Fsp3) is 0.833. The van der Waals surface area contributed by atoms with E-state index in [1.807, 2.05) is 0 Å². The molecule has 0 heterocycles. The van der Waals surface area contributed by atoms with Crippen LogP contribution in [0.2, 0.25) is 0 Å². The number of hydrogen-bond acceptors (Lipinski definition) is 3. The maximum absolute atomic E-state index is 10.6. The summed E-state index contributed by atoms with van der Waals surface area (Å²) in [4.78, 5) is 16.5. The van der Waals surface area contributed by atoms with Crippen LogP contribution >= 0.6 is 0 Å². The zero-order valence-corrected chi connectivity index (χ0v) is 6.46. The summed E-state index contributed by atoms with van der Waals surface area (Å²) in [7, 11) is 1.75. The van der Waals surface area contributed by atoms with Gasteiger partial charge in [0.2, 0.25) is 5.91 Å². The molecule has 0 aliphatic carbocycles. The molecule has 0 atom stereocenters. The van der Waals surface area contributed by atoms with Crippen LogP contribution in [0.1, 0.15) is 13.3 Å². The Bertz CT molecular complexity index is 106. The third kappa shape index (κ3) is 4.29. The van der Waals surface area contributed by atoms with E-state index in [2.05, 4.69) is 4.84 Å². The van der Waals surface area contributed by atoms with Gasteiger partial charge < -0.3 is 9.74 Å². The van der Waals surface area contributed by atoms with Crippen LogP contribution in [0, 0.1) is 0 Å². The Kier molecular flexibility index (Phi) is 4.88. The van der Waals surface area contributed by atoms with E-state index in [0.717, 1.165) is 6.42 Å². The predicted molar refractivity (Wildman–Crippen MR) is 38.1 cm³/mol. The van der Waals surface area contributed by atoms with Gasteiger partial charge in [0.05, 0.1) is 6.61 Å². The molecule has 0 rings (SSSR count). The molecule has 0 spiro atoms. The molecule has 0 radical (unpaired) electrons. The Balaban J connectivity index is 3.21. The predicted octanol–water partition coefficient (Wildman–Crippen LogP) is -0.255. The molecule has 0 bridgehead atoms. The van der Waals surface area contributed by atoms with E-state index in [-0.39, 0.29) is 5.91 Å². The first-order valence-corrected chi connectivity index (χ1v) is 3.22. The van der Waals surface area contributed by atoms with Crippen LogP contribution in [-0.2, 0) is 9.63 Å². The highest BCUT2D eigenvalue weighted by Crippen LogP contribution is 1.86. The second kappa shape index (κ2) is 5.20. The molecule has 0 aliphatic heterocycles. The third-order valence-corrected chi connectivity index (χ3v) is 1.29. The molecule has 0 saturated heterocycles. The van der Waals surface area contributed by atoms with Gasteiger partial charge >= 0.3 is 0 Å². The normalized spacial score (nSPS) is 9.50. The molecule has 4 nitrogen and oxygen atoms in total. The van der Waals surface area contributed by atoms with E-state index in [0.29, 0.717) is 13.2 Å². The Morgan fingerprint density at radius 2 is 2.30 bits per heavy atom. The van der Waals surface area contributed by atoms with Crippen LogP contribution in [0.15, 0.2) is 0 Å². The van der Waals surface area contributed by atoms with Gasteiger partial charge in [0.1, 0.15) is 0 Å². The van der Waals surface area contributed by atoms with Crippen molar-refractivity contribution in [3.05, 3.63) is 0 Å². The van der Waals surface area contributed by atoms with Crippen molar-refractivity contribution in [1.82, 2.24) is 4.90 Å². The lowest BCUT2D eigenvalue weighted by Gasteiger charge is -2.13. The number of amides is 1. The fourth-order valence-corrected chi connectivity index (χ4v) is 0.543. The van der Waals surface area contributed by atoms with Crippen LogP contribution in [0.25, 0.3) is 0 Å². The summed E-state index contributed by atoms with van der Waals surface area (Å²) >= 11 is 0. The van der Waals surface area contributed by atoms with Gasteiger partial charge in [-0.1, -0.05) is 0 Å². The minimum absolute atomic E-state index is 0.0667. The number of rotatable bonds is 4. The number of hydrogen-bond donors (Lipinski definition) is 1. The van der Waals surface area contributed by atoms with Crippen LogP contribution in [0.5, 0.6) is 0 Å². The Labute approximate surface area is 60.9 Å². The quantitative estimate of drug-likeness (QED) is 0.439. The molecule has 2 N–H and O–H groups in total. The highest BCUT2D eigenvalue weighted by molar-refractivity contribution is 5.72. The molecule has 0 fully saturated rings. The summed E-state index contributed by atoms with van der Waals surface area (Å²) in [6, 6.07) is 0. The first-order chi connectivity index (χ1) is 4.68. The molecule has 60 valence electrons. The van der Waals surface area contributed by atoms with Crippen LogP contribution < -0.4 is 5.90 Å². The first kappa shape index (κ1) is 9.39. The highest BCUT2D eigenvalue weighted by atomic mass is 16.6. The second-order valence-corrected chi connectivity index (χ2v) is 2.16. The molecule has 0 aliphatic rings. The number of carbonyl (C=O) groups is 1. The average Bonchev–Trinajstić information content (AvgIpc) is 1.88. The summed E-state index contributed by atoms with van der Waals surface area (Å²) in [5.74, 6) is 4.85. The van der Waals surface area contributed by atoms with Crippen molar-refractivity contribution in [2.45, 2.75) is 13.3 Å². The van der Waals surface area contributed by atoms with Gasteiger partial charge in [-0.3, -0.25) is 4.79 Å². The maximum Gasteiger partial charge on any atom is 0.219 e. The Morgan fingerprint density at radius 1 is 1.70 bits per heavy atom. The van der Waals surface area contributed by atoms with Gasteiger partial charge in [-0.25, -0.2) is 5.90 Å². The highest BCUT2D eigenvalue weighted by Gasteiger charge is 1.99. The fourth-order valence-electron chi connectivity index (χ4n) is 0.543. The van der Waals surface area contributed by atoms with Crippen molar-refractivity contribution in [3.63, 3.8) is 0 Å². The molecule has 10 heavy (non-hydrogen) atoms. The van der Waals surface area contributed by atoms with Gasteiger partial charge in [0.15, 0.2) is 0 Å². The second-order valence-electron chi connectivity index (χ2n) is 2.16. The summed E-state index contributed by atoms with van der Waals surface area (Å²) in [5, 5.41) is 0. The van der Waals surface area contributed by atoms with Gasteiger partial charge in [-0.2, -0.15) is 0 Å². The standard InChI is InChI=1S/C6H14N2O2/c1-6(9)8(2)4-3-5-10-7/h3-5,7H2,1-2H3. The molecular formula is C6H14N2O2. The van der Waals surface area contributed by atoms with Crippen molar-refractivity contribution in [2.75, 3.05) is 20.2 Å². The molecule has 0 unspecified atom stereocenters. The van der Waals surface area contributed by atoms with Crippen molar-refractivity contribution in [2.24, 2.45) is 5.90 Å². The molecule has 0 aromatic rings. The molecule has 0 aromatic carbocycles. The number of carbonyl (C=O) groups excluding carboxylic acids is 1. The average molecular weight is 146 g/mol. The topological polar surface area (TPSA) is 55.6 Å². The van der Waals surface area contributed by atoms with Gasteiger partial charge in [-0.05, 0) is 6.42 Å². The van der Waals surface area contributed by atoms with E-state index >= 15 is 0 Å². The smallest absolute Gasteiger partial charge is 0.219 e. The summed E-state index contributed by atoms with van der Waals surface area (Å²) < 4.78 is 0. The van der Waals surface area contributed by atoms with E-state index in [4.69, 9.17) is 5.90 Å². The number of nitrogens with two attached hydrogens (primary N) is 1. The van der Waals surface area contributed by atoms with Crippen LogP contribution in [0.3, 0.4) is 0 Å². The summed E-state index contributed by atoms with van der Waals surface area (Å²) in [6.07, 6.45) is 0.784. The molecule has 1 amide bonds. The Hall–Kier alpha value is -0.610. The molecule has 4 heteroatoms. The van der Waals surface area contributed by atoms with Gasteiger partial charge in [0, 0.05) is 20.5 Å². The number of nitrogens with zero attached hydrogens (tertiary/aromatic N) is 1. The van der Waals surface area contributed by atoms with Crippen molar-refractivity contribution >= 4 is 5.91 Å². The lowest BCUT2D eigenvalue weighted by molar-refractivity contribution is -0.127. The first-order valence-electron chi connectivity index (χ1n) is 3.22. The SMILES string of the molecule is CC(=O)N(C)CCCON. The molecule has 0 aromatic heterocycles. The maximum atomic E-state index is 10.6. The van der Waals surface area contributed by atoms with Crippen LogP contribution in [-0.4, -0.2) is 31.0 Å². The monoisotopic (exact) mass is 146 g/mol. The van der Waals surface area contributed by atoms with E-state index in [1.165, 1.54) is 6.92 Å². The summed E-state index contributed by atoms with van der Waals surface area (Å²) in [6.45, 7) is 2.73.